The molecule has 0 bridgehead atoms. The second-order valence-electron chi connectivity index (χ2n) is 4.99. The lowest BCUT2D eigenvalue weighted by Crippen LogP contribution is -2.38. The van der Waals surface area contributed by atoms with E-state index in [4.69, 9.17) is 11.6 Å². The summed E-state index contributed by atoms with van der Waals surface area (Å²) in [5.74, 6) is 0.316. The van der Waals surface area contributed by atoms with E-state index in [1.807, 2.05) is 23.9 Å². The summed E-state index contributed by atoms with van der Waals surface area (Å²) in [6, 6.07) is 6.55. The van der Waals surface area contributed by atoms with E-state index in [-0.39, 0.29) is 5.02 Å². The molecular weight excluding hydrogens is 317 g/mol. The van der Waals surface area contributed by atoms with Gasteiger partial charge < -0.3 is 10.6 Å². The van der Waals surface area contributed by atoms with Gasteiger partial charge in [-0.25, -0.2) is 9.38 Å². The van der Waals surface area contributed by atoms with Crippen LogP contribution in [0.5, 0.6) is 0 Å². The van der Waals surface area contributed by atoms with Crippen LogP contribution in [0.15, 0.2) is 41.7 Å². The Morgan fingerprint density at radius 3 is 2.96 bits per heavy atom. The van der Waals surface area contributed by atoms with Gasteiger partial charge in [0.2, 0.25) is 0 Å². The van der Waals surface area contributed by atoms with Crippen LogP contribution in [0.3, 0.4) is 0 Å². The quantitative estimate of drug-likeness (QED) is 0.464. The zero-order chi connectivity index (χ0) is 16.5. The average Bonchev–Trinajstić information content (AvgIpc) is 3.05. The number of aryl methyl sites for hydroxylation is 1. The Balaban J connectivity index is 1.82. The van der Waals surface area contributed by atoms with Crippen molar-refractivity contribution in [2.45, 2.75) is 26.4 Å². The maximum Gasteiger partial charge on any atom is 0.191 e. The molecule has 0 unspecified atom stereocenters. The third-order valence-electron chi connectivity index (χ3n) is 3.16. The van der Waals surface area contributed by atoms with Gasteiger partial charge in [-0.2, -0.15) is 5.10 Å². The molecule has 124 valence electrons. The summed E-state index contributed by atoms with van der Waals surface area (Å²) < 4.78 is 15.0. The Hall–Kier alpha value is -2.08. The summed E-state index contributed by atoms with van der Waals surface area (Å²) >= 11 is 5.78. The van der Waals surface area contributed by atoms with Crippen molar-refractivity contribution >= 4 is 17.6 Å². The first-order chi connectivity index (χ1) is 11.2. The van der Waals surface area contributed by atoms with E-state index < -0.39 is 5.82 Å². The molecule has 5 nitrogen and oxygen atoms in total. The lowest BCUT2D eigenvalue weighted by atomic mass is 10.2. The maximum atomic E-state index is 13.1. The third-order valence-corrected chi connectivity index (χ3v) is 3.45. The summed E-state index contributed by atoms with van der Waals surface area (Å²) in [4.78, 5) is 4.48. The van der Waals surface area contributed by atoms with E-state index in [1.165, 1.54) is 6.07 Å². The highest BCUT2D eigenvalue weighted by Crippen LogP contribution is 2.16. The summed E-state index contributed by atoms with van der Waals surface area (Å²) in [5.41, 5.74) is 0.866. The predicted octanol–water partition coefficient (Wildman–Crippen LogP) is 2.82. The van der Waals surface area contributed by atoms with Crippen LogP contribution in [-0.2, 0) is 13.1 Å². The lowest BCUT2D eigenvalue weighted by Gasteiger charge is -2.11. The Kier molecular flexibility index (Phi) is 6.87. The second kappa shape index (κ2) is 9.15. The summed E-state index contributed by atoms with van der Waals surface area (Å²) in [7, 11) is 0. The number of benzene rings is 1. The molecule has 0 aliphatic heterocycles. The number of hydrogen-bond donors (Lipinski definition) is 2. The number of nitrogens with one attached hydrogen (secondary N) is 2. The van der Waals surface area contributed by atoms with E-state index >= 15 is 0 Å². The summed E-state index contributed by atoms with van der Waals surface area (Å²) in [5, 5.41) is 10.7. The molecular formula is C16H21ClFN5. The standard InChI is InChI=1S/C16H21ClFN5/c1-2-19-16(20-7-3-9-23-10-4-8-22-23)21-12-13-5-6-15(18)14(17)11-13/h4-6,8,10-11H,2-3,7,9,12H2,1H3,(H2,19,20,21). The number of guanidine groups is 1. The molecule has 0 atom stereocenters. The average molecular weight is 338 g/mol. The Bertz CT molecular complexity index is 627. The topological polar surface area (TPSA) is 54.2 Å². The van der Waals surface area contributed by atoms with Crippen LogP contribution >= 0.6 is 11.6 Å². The highest BCUT2D eigenvalue weighted by atomic mass is 35.5. The molecule has 2 aromatic rings. The molecule has 1 aromatic heterocycles. The molecule has 2 rings (SSSR count). The fourth-order valence-electron chi connectivity index (χ4n) is 2.03. The molecule has 23 heavy (non-hydrogen) atoms. The van der Waals surface area contributed by atoms with Gasteiger partial charge in [0, 0.05) is 32.0 Å². The van der Waals surface area contributed by atoms with Crippen molar-refractivity contribution in [3.8, 4) is 0 Å². The minimum atomic E-state index is -0.414. The fraction of sp³-hybridized carbons (Fsp3) is 0.375. The number of aromatic nitrogens is 2. The molecule has 0 amide bonds. The number of halogens is 2. The van der Waals surface area contributed by atoms with Gasteiger partial charge in [-0.3, -0.25) is 4.68 Å². The molecule has 0 radical (unpaired) electrons. The van der Waals surface area contributed by atoms with Crippen molar-refractivity contribution in [2.24, 2.45) is 4.99 Å². The van der Waals surface area contributed by atoms with Crippen LogP contribution in [0.1, 0.15) is 18.9 Å². The maximum absolute atomic E-state index is 13.1. The minimum absolute atomic E-state index is 0.120. The highest BCUT2D eigenvalue weighted by molar-refractivity contribution is 6.30. The lowest BCUT2D eigenvalue weighted by molar-refractivity contribution is 0.570. The van der Waals surface area contributed by atoms with Crippen molar-refractivity contribution in [1.29, 1.82) is 0 Å². The predicted molar refractivity (Wildman–Crippen MR) is 91.1 cm³/mol. The fourth-order valence-corrected chi connectivity index (χ4v) is 2.23. The Labute approximate surface area is 140 Å². The van der Waals surface area contributed by atoms with Crippen LogP contribution in [0.2, 0.25) is 5.02 Å². The summed E-state index contributed by atoms with van der Waals surface area (Å²) in [6.07, 6.45) is 4.65. The monoisotopic (exact) mass is 337 g/mol. The normalized spacial score (nSPS) is 11.5. The van der Waals surface area contributed by atoms with Crippen LogP contribution in [0.4, 0.5) is 4.39 Å². The second-order valence-corrected chi connectivity index (χ2v) is 5.40. The molecule has 0 saturated carbocycles. The first-order valence-electron chi connectivity index (χ1n) is 7.62. The van der Waals surface area contributed by atoms with Gasteiger partial charge in [0.1, 0.15) is 5.82 Å². The zero-order valence-corrected chi connectivity index (χ0v) is 13.9. The molecule has 7 heteroatoms. The molecule has 0 aliphatic rings. The van der Waals surface area contributed by atoms with E-state index in [0.717, 1.165) is 37.6 Å². The largest absolute Gasteiger partial charge is 0.357 e. The van der Waals surface area contributed by atoms with Gasteiger partial charge in [-0.05, 0) is 37.1 Å². The molecule has 2 N–H and O–H groups in total. The SMILES string of the molecule is CCNC(=NCc1ccc(F)c(Cl)c1)NCCCn1cccn1. The Morgan fingerprint density at radius 1 is 1.39 bits per heavy atom. The van der Waals surface area contributed by atoms with Crippen LogP contribution in [-0.4, -0.2) is 28.8 Å². The van der Waals surface area contributed by atoms with Crippen LogP contribution in [0.25, 0.3) is 0 Å². The first kappa shape index (κ1) is 17.3. The van der Waals surface area contributed by atoms with Crippen molar-refractivity contribution in [1.82, 2.24) is 20.4 Å². The molecule has 0 aliphatic carbocycles. The van der Waals surface area contributed by atoms with Gasteiger partial charge in [0.05, 0.1) is 11.6 Å². The Morgan fingerprint density at radius 2 is 2.26 bits per heavy atom. The van der Waals surface area contributed by atoms with Crippen molar-refractivity contribution < 1.29 is 4.39 Å². The number of rotatable bonds is 7. The number of nitrogens with zero attached hydrogens (tertiary/aromatic N) is 3. The minimum Gasteiger partial charge on any atom is -0.357 e. The van der Waals surface area contributed by atoms with Crippen molar-refractivity contribution in [2.75, 3.05) is 13.1 Å². The zero-order valence-electron chi connectivity index (χ0n) is 13.1. The van der Waals surface area contributed by atoms with E-state index in [2.05, 4.69) is 20.7 Å². The van der Waals surface area contributed by atoms with Gasteiger partial charge >= 0.3 is 0 Å². The summed E-state index contributed by atoms with van der Waals surface area (Å²) in [6.45, 7) is 4.86. The van der Waals surface area contributed by atoms with E-state index in [1.54, 1.807) is 18.3 Å². The molecule has 0 saturated heterocycles. The van der Waals surface area contributed by atoms with E-state index in [0.29, 0.717) is 6.54 Å². The van der Waals surface area contributed by atoms with Gasteiger partial charge in [0.25, 0.3) is 0 Å². The van der Waals surface area contributed by atoms with Crippen molar-refractivity contribution in [3.63, 3.8) is 0 Å². The van der Waals surface area contributed by atoms with Gasteiger partial charge in [-0.15, -0.1) is 0 Å². The number of aliphatic imine (C=N–C) groups is 1. The molecule has 0 spiro atoms. The molecule has 1 heterocycles. The third kappa shape index (κ3) is 5.90. The first-order valence-corrected chi connectivity index (χ1v) is 8.00. The smallest absolute Gasteiger partial charge is 0.191 e. The van der Waals surface area contributed by atoms with Gasteiger partial charge in [-0.1, -0.05) is 17.7 Å². The van der Waals surface area contributed by atoms with Crippen molar-refractivity contribution in [3.05, 3.63) is 53.1 Å². The van der Waals surface area contributed by atoms with Gasteiger partial charge in [0.15, 0.2) is 5.96 Å². The number of hydrogen-bond acceptors (Lipinski definition) is 2. The van der Waals surface area contributed by atoms with Crippen LogP contribution < -0.4 is 10.6 Å². The molecule has 1 aromatic carbocycles. The van der Waals surface area contributed by atoms with Crippen LogP contribution in [0, 0.1) is 5.82 Å². The highest BCUT2D eigenvalue weighted by Gasteiger charge is 2.02. The van der Waals surface area contributed by atoms with E-state index in [9.17, 15) is 4.39 Å². The molecule has 0 fully saturated rings.